The van der Waals surface area contributed by atoms with Gasteiger partial charge in [0.1, 0.15) is 7.11 Å². The molecule has 0 unspecified atom stereocenters. The van der Waals surface area contributed by atoms with E-state index in [1.54, 1.807) is 11.8 Å². The summed E-state index contributed by atoms with van der Waals surface area (Å²) < 4.78 is 3.77. The molecule has 0 saturated heterocycles. The highest BCUT2D eigenvalue weighted by Gasteiger charge is 1.90. The lowest BCUT2D eigenvalue weighted by Gasteiger charge is -1.80. The van der Waals surface area contributed by atoms with Crippen molar-refractivity contribution in [1.29, 1.82) is 0 Å². The van der Waals surface area contributed by atoms with Crippen molar-refractivity contribution in [3.8, 4) is 11.8 Å². The van der Waals surface area contributed by atoms with Crippen molar-refractivity contribution in [3.05, 3.63) is 7.11 Å². The smallest absolute Gasteiger partial charge is 0.385 e. The van der Waals surface area contributed by atoms with Crippen LogP contribution in [0.15, 0.2) is 0 Å². The summed E-state index contributed by atoms with van der Waals surface area (Å²) >= 11 is 0. The van der Waals surface area contributed by atoms with E-state index in [0.29, 0.717) is 0 Å². The highest BCUT2D eigenvalue weighted by atomic mass is 16.5. The number of rotatable bonds is 0. The van der Waals surface area contributed by atoms with E-state index in [1.807, 2.05) is 0 Å². The summed E-state index contributed by atoms with van der Waals surface area (Å²) in [5, 5.41) is 7.86. The fourth-order valence-corrected chi connectivity index (χ4v) is 0.141. The Bertz CT molecular complexity index is 183. The minimum atomic E-state index is -1.37. The molecule has 9 heavy (non-hydrogen) atoms. The molecule has 0 rings (SSSR count). The van der Waals surface area contributed by atoms with Crippen LogP contribution < -0.4 is 0 Å². The van der Waals surface area contributed by atoms with E-state index >= 15 is 0 Å². The predicted octanol–water partition coefficient (Wildman–Crippen LogP) is -0.591. The monoisotopic (exact) mass is 127 g/mol. The second kappa shape index (κ2) is 3.50. The second-order valence-corrected chi connectivity index (χ2v) is 0.987. The Morgan fingerprint density at radius 1 is 1.44 bits per heavy atom. The molecule has 0 aliphatic heterocycles. The van der Waals surface area contributed by atoms with E-state index in [-0.39, 0.29) is 0 Å². The van der Waals surface area contributed by atoms with Crippen LogP contribution in [0.2, 0.25) is 0 Å². The van der Waals surface area contributed by atoms with E-state index in [0.717, 1.165) is 0 Å². The van der Waals surface area contributed by atoms with Gasteiger partial charge in [-0.2, -0.15) is 0 Å². The van der Waals surface area contributed by atoms with E-state index < -0.39 is 11.9 Å². The maximum Gasteiger partial charge on any atom is 0.385 e. The molecular weight excluding hydrogens is 124 g/mol. The third-order valence-electron chi connectivity index (χ3n) is 0.403. The van der Waals surface area contributed by atoms with Gasteiger partial charge in [0.25, 0.3) is 0 Å². The quantitative estimate of drug-likeness (QED) is 0.268. The highest BCUT2D eigenvalue weighted by molar-refractivity contribution is 5.97. The molecule has 0 amide bonds. The predicted molar refractivity (Wildman–Crippen MR) is 26.9 cm³/mol. The topological polar surface area (TPSA) is 63.6 Å². The SMILES string of the molecule is [CH2]OC(=O)C#CC(=O)O. The lowest BCUT2D eigenvalue weighted by atomic mass is 10.6. The maximum absolute atomic E-state index is 9.99. The van der Waals surface area contributed by atoms with Crippen molar-refractivity contribution in [2.45, 2.75) is 0 Å². The zero-order valence-corrected chi connectivity index (χ0v) is 4.38. The van der Waals surface area contributed by atoms with Crippen molar-refractivity contribution in [1.82, 2.24) is 0 Å². The number of hydrogen-bond acceptors (Lipinski definition) is 3. The Balaban J connectivity index is 3.88. The molecule has 0 atom stereocenters. The summed E-state index contributed by atoms with van der Waals surface area (Å²) in [4.78, 5) is 19.6. The molecule has 4 nitrogen and oxygen atoms in total. The number of esters is 1. The summed E-state index contributed by atoms with van der Waals surface area (Å²) in [7, 11) is 2.72. The Morgan fingerprint density at radius 3 is 2.33 bits per heavy atom. The van der Waals surface area contributed by atoms with E-state index in [4.69, 9.17) is 5.11 Å². The van der Waals surface area contributed by atoms with Crippen LogP contribution in [0.4, 0.5) is 0 Å². The van der Waals surface area contributed by atoms with Gasteiger partial charge in [-0.05, 0) is 0 Å². The Morgan fingerprint density at radius 2 is 2.00 bits per heavy atom. The van der Waals surface area contributed by atoms with Gasteiger partial charge in [0.2, 0.25) is 0 Å². The normalized spacial score (nSPS) is 6.78. The molecule has 1 radical (unpaired) electrons. The zero-order chi connectivity index (χ0) is 7.28. The summed E-state index contributed by atoms with van der Waals surface area (Å²) in [5.41, 5.74) is 0. The summed E-state index contributed by atoms with van der Waals surface area (Å²) in [6.45, 7) is 0. The van der Waals surface area contributed by atoms with E-state index in [9.17, 15) is 9.59 Å². The number of carboxylic acid groups (broad SMARTS) is 1. The van der Waals surface area contributed by atoms with Gasteiger partial charge in [-0.15, -0.1) is 0 Å². The summed E-state index contributed by atoms with van der Waals surface area (Å²) in [6, 6.07) is 0. The van der Waals surface area contributed by atoms with Gasteiger partial charge in [-0.3, -0.25) is 0 Å². The Hall–Kier alpha value is -1.50. The van der Waals surface area contributed by atoms with Crippen LogP contribution in [-0.4, -0.2) is 17.0 Å². The Labute approximate surface area is 51.4 Å². The van der Waals surface area contributed by atoms with Gasteiger partial charge < -0.3 is 9.84 Å². The number of hydrogen-bond donors (Lipinski definition) is 1. The van der Waals surface area contributed by atoms with Crippen LogP contribution in [-0.2, 0) is 14.3 Å². The van der Waals surface area contributed by atoms with Crippen molar-refractivity contribution < 1.29 is 19.4 Å². The first-order chi connectivity index (χ1) is 4.16. The Kier molecular flexibility index (Phi) is 2.91. The molecule has 0 aromatic rings. The van der Waals surface area contributed by atoms with Gasteiger partial charge in [0.05, 0.1) is 0 Å². The number of carboxylic acids is 1. The van der Waals surface area contributed by atoms with Gasteiger partial charge in [-0.1, -0.05) is 0 Å². The fourth-order valence-electron chi connectivity index (χ4n) is 0.141. The average molecular weight is 127 g/mol. The van der Waals surface area contributed by atoms with Crippen LogP contribution >= 0.6 is 0 Å². The standard InChI is InChI=1S/C5H3O4/c1-9-5(8)3-2-4(6)7/h1H2,(H,6,7). The number of carbonyl (C=O) groups excluding carboxylic acids is 1. The molecule has 0 bridgehead atoms. The molecule has 0 aromatic heterocycles. The van der Waals surface area contributed by atoms with Gasteiger partial charge in [0, 0.05) is 11.8 Å². The van der Waals surface area contributed by atoms with Crippen molar-refractivity contribution >= 4 is 11.9 Å². The first-order valence-corrected chi connectivity index (χ1v) is 1.87. The first-order valence-electron chi connectivity index (χ1n) is 1.87. The number of ether oxygens (including phenoxy) is 1. The van der Waals surface area contributed by atoms with Crippen molar-refractivity contribution in [3.63, 3.8) is 0 Å². The minimum Gasteiger partial charge on any atom is -0.472 e. The number of aliphatic carboxylic acids is 1. The molecule has 0 aliphatic carbocycles. The fraction of sp³-hybridized carbons (Fsp3) is 0. The van der Waals surface area contributed by atoms with Crippen LogP contribution in [0.3, 0.4) is 0 Å². The van der Waals surface area contributed by atoms with Crippen LogP contribution in [0.1, 0.15) is 0 Å². The summed E-state index contributed by atoms with van der Waals surface area (Å²) in [6.07, 6.45) is 0. The third-order valence-corrected chi connectivity index (χ3v) is 0.403. The third kappa shape index (κ3) is 4.35. The molecule has 0 saturated carbocycles. The molecular formula is C5H3O4. The lowest BCUT2D eigenvalue weighted by molar-refractivity contribution is -0.133. The summed E-state index contributed by atoms with van der Waals surface area (Å²) in [5.74, 6) is 0.871. The van der Waals surface area contributed by atoms with Crippen LogP contribution in [0.5, 0.6) is 0 Å². The molecule has 0 heterocycles. The zero-order valence-electron chi connectivity index (χ0n) is 4.38. The van der Waals surface area contributed by atoms with Crippen molar-refractivity contribution in [2.24, 2.45) is 0 Å². The molecule has 47 valence electrons. The van der Waals surface area contributed by atoms with Gasteiger partial charge >= 0.3 is 11.9 Å². The molecule has 0 aromatic carbocycles. The van der Waals surface area contributed by atoms with Crippen LogP contribution in [0.25, 0.3) is 0 Å². The van der Waals surface area contributed by atoms with Crippen LogP contribution in [0, 0.1) is 19.0 Å². The number of carbonyl (C=O) groups is 2. The lowest BCUT2D eigenvalue weighted by Crippen LogP contribution is -1.95. The first kappa shape index (κ1) is 7.50. The molecule has 0 spiro atoms. The van der Waals surface area contributed by atoms with Gasteiger partial charge in [0.15, 0.2) is 0 Å². The largest absolute Gasteiger partial charge is 0.472 e. The van der Waals surface area contributed by atoms with E-state index in [2.05, 4.69) is 11.8 Å². The molecule has 1 N–H and O–H groups in total. The molecule has 0 aliphatic rings. The van der Waals surface area contributed by atoms with E-state index in [1.165, 1.54) is 0 Å². The second-order valence-electron chi connectivity index (χ2n) is 0.987. The molecule has 4 heteroatoms. The van der Waals surface area contributed by atoms with Gasteiger partial charge in [-0.25, -0.2) is 9.59 Å². The molecule has 0 fully saturated rings. The minimum absolute atomic E-state index is 0.961. The average Bonchev–Trinajstić information content (AvgIpc) is 1.83. The van der Waals surface area contributed by atoms with Crippen molar-refractivity contribution in [2.75, 3.05) is 0 Å². The maximum atomic E-state index is 9.99. The highest BCUT2D eigenvalue weighted by Crippen LogP contribution is 1.68.